The van der Waals surface area contributed by atoms with Crippen LogP contribution in [-0.2, 0) is 17.6 Å². The molecule has 0 unspecified atom stereocenters. The van der Waals surface area contributed by atoms with Crippen LogP contribution < -0.4 is 5.32 Å². The molecule has 0 aliphatic carbocycles. The van der Waals surface area contributed by atoms with Gasteiger partial charge in [-0.15, -0.1) is 11.3 Å². The number of carbonyl (C=O) groups excluding carboxylic acids is 2. The highest BCUT2D eigenvalue weighted by Crippen LogP contribution is 2.16. The first-order chi connectivity index (χ1) is 10.1. The van der Waals surface area contributed by atoms with Crippen molar-refractivity contribution in [3.05, 3.63) is 46.5 Å². The predicted molar refractivity (Wildman–Crippen MR) is 84.9 cm³/mol. The fraction of sp³-hybridized carbons (Fsp3) is 0.312. The van der Waals surface area contributed by atoms with E-state index in [4.69, 9.17) is 0 Å². The van der Waals surface area contributed by atoms with Crippen molar-refractivity contribution in [3.8, 4) is 0 Å². The van der Waals surface area contributed by atoms with E-state index in [2.05, 4.69) is 41.5 Å². The number of hydrogen-bond acceptors (Lipinski definition) is 4. The molecule has 21 heavy (non-hydrogen) atoms. The molecule has 4 nitrogen and oxygen atoms in total. The van der Waals surface area contributed by atoms with Crippen LogP contribution in [0.4, 0.5) is 5.13 Å². The lowest BCUT2D eigenvalue weighted by molar-refractivity contribution is -0.116. The van der Waals surface area contributed by atoms with E-state index < -0.39 is 0 Å². The van der Waals surface area contributed by atoms with Crippen LogP contribution in [0.3, 0.4) is 0 Å². The summed E-state index contributed by atoms with van der Waals surface area (Å²) in [5, 5.41) is 4.86. The number of benzene rings is 1. The van der Waals surface area contributed by atoms with Gasteiger partial charge in [0.2, 0.25) is 5.91 Å². The van der Waals surface area contributed by atoms with E-state index in [9.17, 15) is 9.59 Å². The van der Waals surface area contributed by atoms with Gasteiger partial charge in [-0.2, -0.15) is 0 Å². The number of hydrogen-bond donors (Lipinski definition) is 1. The lowest BCUT2D eigenvalue weighted by atomic mass is 10.1. The highest BCUT2D eigenvalue weighted by molar-refractivity contribution is 7.14. The van der Waals surface area contributed by atoms with Crippen molar-refractivity contribution in [2.24, 2.45) is 0 Å². The maximum atomic E-state index is 11.9. The molecule has 0 bridgehead atoms. The third-order valence-electron chi connectivity index (χ3n) is 3.18. The fourth-order valence-corrected chi connectivity index (χ4v) is 2.64. The van der Waals surface area contributed by atoms with Crippen LogP contribution in [0.1, 0.15) is 41.9 Å². The van der Waals surface area contributed by atoms with Gasteiger partial charge in [-0.1, -0.05) is 31.2 Å². The molecule has 2 aromatic rings. The third kappa shape index (κ3) is 4.49. The summed E-state index contributed by atoms with van der Waals surface area (Å²) in [4.78, 5) is 27.1. The Kier molecular flexibility index (Phi) is 5.22. The number of nitrogens with zero attached hydrogens (tertiary/aromatic N) is 1. The molecule has 0 saturated heterocycles. The fourth-order valence-electron chi connectivity index (χ4n) is 1.87. The number of nitrogens with one attached hydrogen (secondary N) is 1. The Morgan fingerprint density at radius 2 is 1.86 bits per heavy atom. The number of aryl methyl sites for hydroxylation is 2. The Labute approximate surface area is 128 Å². The maximum Gasteiger partial charge on any atom is 0.226 e. The third-order valence-corrected chi connectivity index (χ3v) is 3.94. The van der Waals surface area contributed by atoms with Crippen molar-refractivity contribution in [2.45, 2.75) is 33.1 Å². The maximum absolute atomic E-state index is 11.9. The van der Waals surface area contributed by atoms with Crippen molar-refractivity contribution < 1.29 is 9.59 Å². The standard InChI is InChI=1S/C16H18N2O2S/c1-3-12-4-6-13(7-5-12)8-9-15(20)18-16-17-14(10-21-16)11(2)19/h4-7,10H,3,8-9H2,1-2H3,(H,17,18,20). The lowest BCUT2D eigenvalue weighted by Crippen LogP contribution is -2.12. The molecule has 0 atom stereocenters. The van der Waals surface area contributed by atoms with Crippen LogP contribution in [0.2, 0.25) is 0 Å². The number of ketones is 1. The lowest BCUT2D eigenvalue weighted by Gasteiger charge is -2.03. The minimum atomic E-state index is -0.0947. The van der Waals surface area contributed by atoms with E-state index in [-0.39, 0.29) is 11.7 Å². The van der Waals surface area contributed by atoms with Gasteiger partial charge >= 0.3 is 0 Å². The molecule has 0 radical (unpaired) electrons. The molecule has 0 fully saturated rings. The smallest absolute Gasteiger partial charge is 0.226 e. The second-order valence-corrected chi connectivity index (χ2v) is 5.67. The molecule has 2 rings (SSSR count). The summed E-state index contributed by atoms with van der Waals surface area (Å²) in [7, 11) is 0. The Morgan fingerprint density at radius 1 is 1.19 bits per heavy atom. The van der Waals surface area contributed by atoms with Gasteiger partial charge in [0.15, 0.2) is 10.9 Å². The average molecular weight is 302 g/mol. The van der Waals surface area contributed by atoms with Crippen LogP contribution in [-0.4, -0.2) is 16.7 Å². The summed E-state index contributed by atoms with van der Waals surface area (Å²) in [6, 6.07) is 8.30. The second kappa shape index (κ2) is 7.13. The van der Waals surface area contributed by atoms with Crippen LogP contribution >= 0.6 is 11.3 Å². The first-order valence-corrected chi connectivity index (χ1v) is 7.80. The van der Waals surface area contributed by atoms with E-state index in [0.717, 1.165) is 12.0 Å². The van der Waals surface area contributed by atoms with Crippen molar-refractivity contribution in [2.75, 3.05) is 5.32 Å². The highest BCUT2D eigenvalue weighted by atomic mass is 32.1. The quantitative estimate of drug-likeness (QED) is 0.831. The van der Waals surface area contributed by atoms with Gasteiger partial charge in [-0.05, 0) is 24.0 Å². The van der Waals surface area contributed by atoms with Crippen molar-refractivity contribution >= 4 is 28.2 Å². The molecule has 110 valence electrons. The molecule has 0 aliphatic rings. The summed E-state index contributed by atoms with van der Waals surface area (Å²) >= 11 is 1.27. The molecule has 1 heterocycles. The summed E-state index contributed by atoms with van der Waals surface area (Å²) in [5.74, 6) is -0.179. The molecule has 1 N–H and O–H groups in total. The average Bonchev–Trinajstić information content (AvgIpc) is 2.94. The summed E-state index contributed by atoms with van der Waals surface area (Å²) in [6.07, 6.45) is 2.12. The zero-order valence-electron chi connectivity index (χ0n) is 12.2. The molecule has 0 saturated carbocycles. The number of aromatic nitrogens is 1. The molecule has 0 spiro atoms. The summed E-state index contributed by atoms with van der Waals surface area (Å²) in [5.41, 5.74) is 2.83. The number of thiazole rings is 1. The van der Waals surface area contributed by atoms with E-state index in [1.165, 1.54) is 23.8 Å². The van der Waals surface area contributed by atoms with Crippen molar-refractivity contribution in [1.29, 1.82) is 0 Å². The van der Waals surface area contributed by atoms with Gasteiger partial charge in [-0.25, -0.2) is 4.98 Å². The van der Waals surface area contributed by atoms with Crippen molar-refractivity contribution in [1.82, 2.24) is 4.98 Å². The monoisotopic (exact) mass is 302 g/mol. The Hall–Kier alpha value is -2.01. The van der Waals surface area contributed by atoms with E-state index in [1.807, 2.05) is 0 Å². The zero-order chi connectivity index (χ0) is 15.2. The normalized spacial score (nSPS) is 10.4. The Balaban J connectivity index is 1.84. The minimum Gasteiger partial charge on any atom is -0.302 e. The number of carbonyl (C=O) groups is 2. The number of anilines is 1. The largest absolute Gasteiger partial charge is 0.302 e. The van der Waals surface area contributed by atoms with Crippen molar-refractivity contribution in [3.63, 3.8) is 0 Å². The Bertz CT molecular complexity index is 632. The highest BCUT2D eigenvalue weighted by Gasteiger charge is 2.09. The molecule has 5 heteroatoms. The number of Topliss-reactive ketones (excluding diaryl/α,β-unsaturated/α-hetero) is 1. The summed E-state index contributed by atoms with van der Waals surface area (Å²) < 4.78 is 0. The predicted octanol–water partition coefficient (Wildman–Crippen LogP) is 3.48. The van der Waals surface area contributed by atoms with Gasteiger partial charge in [-0.3, -0.25) is 9.59 Å². The van der Waals surface area contributed by atoms with Crippen LogP contribution in [0, 0.1) is 0 Å². The van der Waals surface area contributed by atoms with Gasteiger partial charge in [0.05, 0.1) is 0 Å². The first kappa shape index (κ1) is 15.4. The first-order valence-electron chi connectivity index (χ1n) is 6.92. The molecule has 1 amide bonds. The van der Waals surface area contributed by atoms with Crippen LogP contribution in [0.5, 0.6) is 0 Å². The van der Waals surface area contributed by atoms with E-state index in [0.29, 0.717) is 23.7 Å². The van der Waals surface area contributed by atoms with Crippen LogP contribution in [0.25, 0.3) is 0 Å². The molecule has 0 aliphatic heterocycles. The Morgan fingerprint density at radius 3 is 2.43 bits per heavy atom. The molecular weight excluding hydrogens is 284 g/mol. The molecular formula is C16H18N2O2S. The van der Waals surface area contributed by atoms with Gasteiger partial charge in [0.1, 0.15) is 5.69 Å². The van der Waals surface area contributed by atoms with E-state index >= 15 is 0 Å². The van der Waals surface area contributed by atoms with E-state index in [1.54, 1.807) is 5.38 Å². The topological polar surface area (TPSA) is 59.1 Å². The SMILES string of the molecule is CCc1ccc(CCC(=O)Nc2nc(C(C)=O)cs2)cc1. The second-order valence-electron chi connectivity index (χ2n) is 4.81. The zero-order valence-corrected chi connectivity index (χ0v) is 13.0. The van der Waals surface area contributed by atoms with Gasteiger partial charge < -0.3 is 5.32 Å². The molecule has 1 aromatic heterocycles. The van der Waals surface area contributed by atoms with Crippen LogP contribution in [0.15, 0.2) is 29.6 Å². The molecule has 1 aromatic carbocycles. The number of amides is 1. The van der Waals surface area contributed by atoms with Gasteiger partial charge in [0.25, 0.3) is 0 Å². The minimum absolute atomic E-state index is 0.0842. The van der Waals surface area contributed by atoms with Gasteiger partial charge in [0, 0.05) is 18.7 Å². The summed E-state index contributed by atoms with van der Waals surface area (Å²) in [6.45, 7) is 3.58. The number of rotatable bonds is 6.